The van der Waals surface area contributed by atoms with Crippen LogP contribution in [0.5, 0.6) is 0 Å². The summed E-state index contributed by atoms with van der Waals surface area (Å²) in [7, 11) is 0. The van der Waals surface area contributed by atoms with Crippen molar-refractivity contribution in [3.8, 4) is 5.69 Å². The van der Waals surface area contributed by atoms with Gasteiger partial charge < -0.3 is 0 Å². The molecule has 0 aliphatic rings. The van der Waals surface area contributed by atoms with Crippen molar-refractivity contribution in [1.29, 1.82) is 0 Å². The zero-order chi connectivity index (χ0) is 14.4. The van der Waals surface area contributed by atoms with Crippen LogP contribution in [0.15, 0.2) is 54.9 Å². The van der Waals surface area contributed by atoms with E-state index in [-0.39, 0.29) is 5.82 Å². The predicted octanol–water partition coefficient (Wildman–Crippen LogP) is 4.37. The van der Waals surface area contributed by atoms with Gasteiger partial charge in [0.2, 0.25) is 0 Å². The first-order valence-corrected chi connectivity index (χ1v) is 6.79. The second-order valence-electron chi connectivity index (χ2n) is 4.71. The third kappa shape index (κ3) is 1.87. The summed E-state index contributed by atoms with van der Waals surface area (Å²) in [5.74, 6) is -0.271. The first-order valence-electron chi connectivity index (χ1n) is 6.41. The molecule has 2 aromatic heterocycles. The van der Waals surface area contributed by atoms with Crippen LogP contribution in [0.4, 0.5) is 4.39 Å². The highest BCUT2D eigenvalue weighted by atomic mass is 35.5. The molecule has 102 valence electrons. The van der Waals surface area contributed by atoms with Crippen LogP contribution < -0.4 is 0 Å². The van der Waals surface area contributed by atoms with E-state index in [1.807, 2.05) is 28.8 Å². The van der Waals surface area contributed by atoms with Gasteiger partial charge in [-0.1, -0.05) is 29.8 Å². The molecule has 2 heterocycles. The number of rotatable bonds is 1. The molecule has 0 saturated carbocycles. The van der Waals surface area contributed by atoms with Crippen molar-refractivity contribution in [2.75, 3.05) is 0 Å². The van der Waals surface area contributed by atoms with Gasteiger partial charge in [0.25, 0.3) is 0 Å². The number of hydrogen-bond donors (Lipinski definition) is 0. The molecule has 4 aromatic rings. The molecule has 0 unspecified atom stereocenters. The summed E-state index contributed by atoms with van der Waals surface area (Å²) in [4.78, 5) is 8.70. The van der Waals surface area contributed by atoms with Gasteiger partial charge in [-0.3, -0.25) is 4.57 Å². The Hall–Kier alpha value is -2.46. The summed E-state index contributed by atoms with van der Waals surface area (Å²) in [6.45, 7) is 0. The second kappa shape index (κ2) is 4.53. The van der Waals surface area contributed by atoms with Crippen molar-refractivity contribution in [3.05, 3.63) is 65.8 Å². The molecule has 0 atom stereocenters. The molecule has 4 rings (SSSR count). The second-order valence-corrected chi connectivity index (χ2v) is 5.07. The summed E-state index contributed by atoms with van der Waals surface area (Å²) < 4.78 is 15.0. The fourth-order valence-electron chi connectivity index (χ4n) is 2.48. The van der Waals surface area contributed by atoms with E-state index in [9.17, 15) is 4.39 Å². The van der Waals surface area contributed by atoms with Crippen LogP contribution in [0.2, 0.25) is 5.15 Å². The molecule has 0 bridgehead atoms. The van der Waals surface area contributed by atoms with Crippen LogP contribution in [0.1, 0.15) is 0 Å². The molecule has 21 heavy (non-hydrogen) atoms. The average Bonchev–Trinajstić information content (AvgIpc) is 2.94. The lowest BCUT2D eigenvalue weighted by atomic mass is 10.2. The van der Waals surface area contributed by atoms with Crippen LogP contribution in [0.3, 0.4) is 0 Å². The van der Waals surface area contributed by atoms with Crippen LogP contribution in [0.25, 0.3) is 27.6 Å². The zero-order valence-corrected chi connectivity index (χ0v) is 11.5. The quantitative estimate of drug-likeness (QED) is 0.489. The molecule has 0 spiro atoms. The molecular formula is C16H9ClFN3. The van der Waals surface area contributed by atoms with Gasteiger partial charge in [-0.05, 0) is 30.3 Å². The molecule has 0 amide bonds. The third-order valence-corrected chi connectivity index (χ3v) is 3.71. The minimum atomic E-state index is -0.271. The maximum atomic E-state index is 13.1. The minimum Gasteiger partial charge on any atom is -0.298 e. The SMILES string of the molecule is Fc1ccc(-n2cnc3c(Cl)nc4ccccc4c32)cc1. The van der Waals surface area contributed by atoms with Crippen LogP contribution >= 0.6 is 11.6 Å². The Morgan fingerprint density at radius 2 is 1.76 bits per heavy atom. The Morgan fingerprint density at radius 3 is 2.57 bits per heavy atom. The lowest BCUT2D eigenvalue weighted by molar-refractivity contribution is 0.627. The van der Waals surface area contributed by atoms with Crippen LogP contribution in [-0.2, 0) is 0 Å². The van der Waals surface area contributed by atoms with Crippen molar-refractivity contribution >= 4 is 33.5 Å². The van der Waals surface area contributed by atoms with E-state index in [4.69, 9.17) is 11.6 Å². The number of nitrogens with zero attached hydrogens (tertiary/aromatic N) is 3. The molecule has 0 saturated heterocycles. The zero-order valence-electron chi connectivity index (χ0n) is 10.8. The van der Waals surface area contributed by atoms with Crippen molar-refractivity contribution in [2.24, 2.45) is 0 Å². The number of halogens is 2. The van der Waals surface area contributed by atoms with E-state index < -0.39 is 0 Å². The van der Waals surface area contributed by atoms with Crippen molar-refractivity contribution < 1.29 is 4.39 Å². The lowest BCUT2D eigenvalue weighted by Gasteiger charge is -2.07. The van der Waals surface area contributed by atoms with E-state index in [0.29, 0.717) is 10.7 Å². The molecule has 5 heteroatoms. The first kappa shape index (κ1) is 12.3. The molecule has 0 radical (unpaired) electrons. The highest BCUT2D eigenvalue weighted by Crippen LogP contribution is 2.30. The number of hydrogen-bond acceptors (Lipinski definition) is 2. The lowest BCUT2D eigenvalue weighted by Crippen LogP contribution is -1.93. The number of imidazole rings is 1. The number of benzene rings is 2. The average molecular weight is 298 g/mol. The van der Waals surface area contributed by atoms with E-state index in [1.54, 1.807) is 18.5 Å². The maximum Gasteiger partial charge on any atom is 0.157 e. The molecular weight excluding hydrogens is 289 g/mol. The standard InChI is InChI=1S/C16H9ClFN3/c17-16-14-15(12-3-1-2-4-13(12)20-16)21(9-19-14)11-7-5-10(18)6-8-11/h1-9H. The smallest absolute Gasteiger partial charge is 0.157 e. The van der Waals surface area contributed by atoms with Gasteiger partial charge in [0.15, 0.2) is 5.15 Å². The fourth-order valence-corrected chi connectivity index (χ4v) is 2.71. The Kier molecular flexibility index (Phi) is 2.65. The largest absolute Gasteiger partial charge is 0.298 e. The Bertz CT molecular complexity index is 961. The number of para-hydroxylation sites is 1. The summed E-state index contributed by atoms with van der Waals surface area (Å²) in [5, 5.41) is 1.32. The number of pyridine rings is 1. The summed E-state index contributed by atoms with van der Waals surface area (Å²) >= 11 is 6.22. The molecule has 0 N–H and O–H groups in total. The molecule has 2 aromatic carbocycles. The van der Waals surface area contributed by atoms with Crippen molar-refractivity contribution in [3.63, 3.8) is 0 Å². The van der Waals surface area contributed by atoms with Crippen LogP contribution in [0, 0.1) is 5.82 Å². The van der Waals surface area contributed by atoms with Gasteiger partial charge in [0.05, 0.1) is 11.0 Å². The van der Waals surface area contributed by atoms with Crippen molar-refractivity contribution in [2.45, 2.75) is 0 Å². The Morgan fingerprint density at radius 1 is 1.00 bits per heavy atom. The molecule has 0 aliphatic heterocycles. The van der Waals surface area contributed by atoms with Gasteiger partial charge in [0, 0.05) is 11.1 Å². The summed E-state index contributed by atoms with van der Waals surface area (Å²) in [5.41, 5.74) is 3.14. The monoisotopic (exact) mass is 297 g/mol. The highest BCUT2D eigenvalue weighted by molar-refractivity contribution is 6.35. The van der Waals surface area contributed by atoms with Gasteiger partial charge >= 0.3 is 0 Å². The topological polar surface area (TPSA) is 30.7 Å². The first-order chi connectivity index (χ1) is 10.2. The molecule has 3 nitrogen and oxygen atoms in total. The minimum absolute atomic E-state index is 0.271. The third-order valence-electron chi connectivity index (χ3n) is 3.45. The molecule has 0 aliphatic carbocycles. The number of aromatic nitrogens is 3. The van der Waals surface area contributed by atoms with E-state index in [1.165, 1.54) is 12.1 Å². The predicted molar refractivity (Wildman–Crippen MR) is 81.3 cm³/mol. The Labute approximate surface area is 124 Å². The highest BCUT2D eigenvalue weighted by Gasteiger charge is 2.13. The van der Waals surface area contributed by atoms with E-state index >= 15 is 0 Å². The normalized spacial score (nSPS) is 11.3. The summed E-state index contributed by atoms with van der Waals surface area (Å²) in [6.07, 6.45) is 1.68. The van der Waals surface area contributed by atoms with Gasteiger partial charge in [-0.15, -0.1) is 0 Å². The number of fused-ring (bicyclic) bond motifs is 3. The van der Waals surface area contributed by atoms with Gasteiger partial charge in [0.1, 0.15) is 17.7 Å². The Balaban J connectivity index is 2.13. The summed E-state index contributed by atoms with van der Waals surface area (Å²) in [6, 6.07) is 14.0. The van der Waals surface area contributed by atoms with Gasteiger partial charge in [-0.2, -0.15) is 0 Å². The maximum absolute atomic E-state index is 13.1. The van der Waals surface area contributed by atoms with Gasteiger partial charge in [-0.25, -0.2) is 14.4 Å². The fraction of sp³-hybridized carbons (Fsp3) is 0. The van der Waals surface area contributed by atoms with Crippen molar-refractivity contribution in [1.82, 2.24) is 14.5 Å². The molecule has 0 fully saturated rings. The van der Waals surface area contributed by atoms with E-state index in [0.717, 1.165) is 22.1 Å². The van der Waals surface area contributed by atoms with Crippen LogP contribution in [-0.4, -0.2) is 14.5 Å². The van der Waals surface area contributed by atoms with E-state index in [2.05, 4.69) is 9.97 Å².